The van der Waals surface area contributed by atoms with E-state index in [1.807, 2.05) is 12.1 Å². The number of aromatic nitrogens is 1. The molecule has 0 radical (unpaired) electrons. The number of nitrogens with one attached hydrogen (secondary N) is 1. The van der Waals surface area contributed by atoms with Gasteiger partial charge < -0.3 is 14.6 Å². The zero-order chi connectivity index (χ0) is 22.0. The van der Waals surface area contributed by atoms with Crippen molar-refractivity contribution < 1.29 is 9.53 Å². The molecule has 0 saturated carbocycles. The first-order valence-electron chi connectivity index (χ1n) is 11.5. The molecule has 164 valence electrons. The number of H-pyrrole nitrogens is 1. The molecule has 1 aliphatic rings. The molecule has 1 aromatic heterocycles. The van der Waals surface area contributed by atoms with Crippen molar-refractivity contribution in [3.05, 3.63) is 64.3 Å². The largest absolute Gasteiger partial charge is 0.497 e. The van der Waals surface area contributed by atoms with Gasteiger partial charge in [-0.3, -0.25) is 4.79 Å². The smallest absolute Gasteiger partial charge is 0.227 e. The van der Waals surface area contributed by atoms with Gasteiger partial charge in [-0.05, 0) is 87.8 Å². The van der Waals surface area contributed by atoms with Crippen molar-refractivity contribution in [1.29, 1.82) is 0 Å². The average Bonchev–Trinajstić information content (AvgIpc) is 3.08. The van der Waals surface area contributed by atoms with Gasteiger partial charge in [0.2, 0.25) is 5.91 Å². The quantitative estimate of drug-likeness (QED) is 0.561. The first kappa shape index (κ1) is 21.5. The van der Waals surface area contributed by atoms with Gasteiger partial charge in [-0.25, -0.2) is 0 Å². The van der Waals surface area contributed by atoms with Gasteiger partial charge >= 0.3 is 0 Å². The maximum absolute atomic E-state index is 13.4. The Morgan fingerprint density at radius 3 is 2.81 bits per heavy atom. The van der Waals surface area contributed by atoms with Gasteiger partial charge in [-0.15, -0.1) is 0 Å². The van der Waals surface area contributed by atoms with Crippen molar-refractivity contribution in [2.45, 2.75) is 65.3 Å². The Kier molecular flexibility index (Phi) is 6.35. The summed E-state index contributed by atoms with van der Waals surface area (Å²) in [6, 6.07) is 13.0. The predicted octanol–water partition coefficient (Wildman–Crippen LogP) is 5.66. The van der Waals surface area contributed by atoms with Crippen LogP contribution in [0.5, 0.6) is 5.75 Å². The molecule has 0 spiro atoms. The summed E-state index contributed by atoms with van der Waals surface area (Å²) in [6.07, 6.45) is 5.86. The minimum Gasteiger partial charge on any atom is -0.497 e. The topological polar surface area (TPSA) is 45.3 Å². The lowest BCUT2D eigenvalue weighted by Crippen LogP contribution is -2.44. The van der Waals surface area contributed by atoms with Gasteiger partial charge in [0.05, 0.1) is 13.5 Å². The normalized spacial score (nSPS) is 16.6. The van der Waals surface area contributed by atoms with Gasteiger partial charge in [-0.2, -0.15) is 0 Å². The van der Waals surface area contributed by atoms with Crippen LogP contribution in [-0.4, -0.2) is 35.5 Å². The van der Waals surface area contributed by atoms with E-state index >= 15 is 0 Å². The number of hydrogen-bond donors (Lipinski definition) is 1. The van der Waals surface area contributed by atoms with Crippen LogP contribution in [0, 0.1) is 20.8 Å². The van der Waals surface area contributed by atoms with E-state index in [9.17, 15) is 4.79 Å². The van der Waals surface area contributed by atoms with Gasteiger partial charge in [0.25, 0.3) is 0 Å². The summed E-state index contributed by atoms with van der Waals surface area (Å²) >= 11 is 0. The lowest BCUT2D eigenvalue weighted by atomic mass is 9.94. The highest BCUT2D eigenvalue weighted by Gasteiger charge is 2.27. The minimum absolute atomic E-state index is 0.263. The number of aromatic amines is 1. The van der Waals surface area contributed by atoms with Gasteiger partial charge in [0.15, 0.2) is 0 Å². The molecule has 3 aromatic rings. The molecule has 1 fully saturated rings. The van der Waals surface area contributed by atoms with Crippen LogP contribution in [0.1, 0.15) is 53.6 Å². The highest BCUT2D eigenvalue weighted by atomic mass is 16.5. The molecular formula is C27H34N2O2. The van der Waals surface area contributed by atoms with E-state index in [1.165, 1.54) is 34.0 Å². The molecule has 1 saturated heterocycles. The number of carbonyl (C=O) groups is 1. The van der Waals surface area contributed by atoms with Crippen LogP contribution in [0.15, 0.2) is 36.4 Å². The summed E-state index contributed by atoms with van der Waals surface area (Å²) in [6.45, 7) is 7.23. The van der Waals surface area contributed by atoms with Gasteiger partial charge in [-0.1, -0.05) is 23.8 Å². The number of aryl methyl sites for hydroxylation is 4. The first-order valence-corrected chi connectivity index (χ1v) is 11.5. The van der Waals surface area contributed by atoms with E-state index in [-0.39, 0.29) is 5.91 Å². The number of likely N-dealkylation sites (tertiary alicyclic amines) is 1. The van der Waals surface area contributed by atoms with Crippen molar-refractivity contribution in [2.24, 2.45) is 0 Å². The van der Waals surface area contributed by atoms with Crippen molar-refractivity contribution in [3.63, 3.8) is 0 Å². The maximum Gasteiger partial charge on any atom is 0.227 e. The Balaban J connectivity index is 1.50. The Morgan fingerprint density at radius 1 is 1.16 bits per heavy atom. The van der Waals surface area contributed by atoms with Crippen LogP contribution >= 0.6 is 0 Å². The molecule has 2 aromatic carbocycles. The van der Waals surface area contributed by atoms with Crippen LogP contribution in [-0.2, 0) is 17.6 Å². The molecule has 1 N–H and O–H groups in total. The van der Waals surface area contributed by atoms with Gasteiger partial charge in [0.1, 0.15) is 5.75 Å². The second kappa shape index (κ2) is 9.17. The number of rotatable bonds is 6. The first-order chi connectivity index (χ1) is 15.0. The monoisotopic (exact) mass is 418 g/mol. The third kappa shape index (κ3) is 4.63. The van der Waals surface area contributed by atoms with E-state index in [4.69, 9.17) is 4.74 Å². The van der Waals surface area contributed by atoms with Crippen LogP contribution in [0.3, 0.4) is 0 Å². The summed E-state index contributed by atoms with van der Waals surface area (Å²) in [5.41, 5.74) is 7.19. The van der Waals surface area contributed by atoms with Crippen LogP contribution in [0.25, 0.3) is 10.9 Å². The Morgan fingerprint density at radius 2 is 2.00 bits per heavy atom. The number of nitrogens with zero attached hydrogens (tertiary/aromatic N) is 1. The zero-order valence-corrected chi connectivity index (χ0v) is 19.3. The Labute approximate surface area is 185 Å². The van der Waals surface area contributed by atoms with Crippen LogP contribution in [0.4, 0.5) is 0 Å². The molecule has 1 amide bonds. The highest BCUT2D eigenvalue weighted by Crippen LogP contribution is 2.29. The Bertz CT molecular complexity index is 1080. The summed E-state index contributed by atoms with van der Waals surface area (Å²) in [5, 5.41) is 1.20. The van der Waals surface area contributed by atoms with Crippen molar-refractivity contribution in [3.8, 4) is 5.75 Å². The van der Waals surface area contributed by atoms with Crippen molar-refractivity contribution in [2.75, 3.05) is 13.7 Å². The summed E-state index contributed by atoms with van der Waals surface area (Å²) in [4.78, 5) is 19.1. The predicted molar refractivity (Wildman–Crippen MR) is 127 cm³/mol. The van der Waals surface area contributed by atoms with E-state index in [1.54, 1.807) is 7.11 Å². The molecule has 0 bridgehead atoms. The standard InChI is InChI=1S/C27H34N2O2/c1-18-14-19(2)27-25(15-18)24(20(3)28-27)17-26(30)29-13-6-5-9-22(29)12-11-21-8-7-10-23(16-21)31-4/h7-8,10,14-16,22,28H,5-6,9,11-13,17H2,1-4H3/t22-/m1/s1. The second-order valence-corrected chi connectivity index (χ2v) is 9.04. The van der Waals surface area contributed by atoms with E-state index in [2.05, 4.69) is 54.9 Å². The third-order valence-electron chi connectivity index (χ3n) is 6.75. The molecule has 4 rings (SSSR count). The molecule has 2 heterocycles. The highest BCUT2D eigenvalue weighted by molar-refractivity contribution is 5.92. The number of piperidine rings is 1. The summed E-state index contributed by atoms with van der Waals surface area (Å²) in [7, 11) is 1.70. The lowest BCUT2D eigenvalue weighted by molar-refractivity contribution is -0.134. The van der Waals surface area contributed by atoms with E-state index in [0.717, 1.165) is 49.2 Å². The number of carbonyl (C=O) groups excluding carboxylic acids is 1. The van der Waals surface area contributed by atoms with Crippen molar-refractivity contribution >= 4 is 16.8 Å². The molecule has 4 heteroatoms. The van der Waals surface area contributed by atoms with E-state index in [0.29, 0.717) is 12.5 Å². The molecule has 0 aliphatic carbocycles. The second-order valence-electron chi connectivity index (χ2n) is 9.04. The number of amides is 1. The van der Waals surface area contributed by atoms with Crippen molar-refractivity contribution in [1.82, 2.24) is 9.88 Å². The zero-order valence-electron chi connectivity index (χ0n) is 19.3. The van der Waals surface area contributed by atoms with Crippen LogP contribution < -0.4 is 4.74 Å². The fourth-order valence-corrected chi connectivity index (χ4v) is 5.11. The SMILES string of the molecule is COc1cccc(CC[C@H]2CCCCN2C(=O)Cc2c(C)[nH]c3c(C)cc(C)cc23)c1. The summed E-state index contributed by atoms with van der Waals surface area (Å²) in [5.74, 6) is 1.16. The van der Waals surface area contributed by atoms with E-state index < -0.39 is 0 Å². The number of benzene rings is 2. The molecular weight excluding hydrogens is 384 g/mol. The average molecular weight is 419 g/mol. The molecule has 4 nitrogen and oxygen atoms in total. The van der Waals surface area contributed by atoms with Crippen LogP contribution in [0.2, 0.25) is 0 Å². The lowest BCUT2D eigenvalue weighted by Gasteiger charge is -2.36. The molecule has 1 atom stereocenters. The Hall–Kier alpha value is -2.75. The number of ether oxygens (including phenoxy) is 1. The fourth-order valence-electron chi connectivity index (χ4n) is 5.11. The fraction of sp³-hybridized carbons (Fsp3) is 0.444. The number of methoxy groups -OCH3 is 1. The maximum atomic E-state index is 13.4. The van der Waals surface area contributed by atoms with Gasteiger partial charge in [0, 0.05) is 29.2 Å². The molecule has 1 aliphatic heterocycles. The molecule has 0 unspecified atom stereocenters. The minimum atomic E-state index is 0.263. The molecule has 31 heavy (non-hydrogen) atoms. The third-order valence-corrected chi connectivity index (χ3v) is 6.75. The number of hydrogen-bond acceptors (Lipinski definition) is 2. The number of fused-ring (bicyclic) bond motifs is 1. The summed E-state index contributed by atoms with van der Waals surface area (Å²) < 4.78 is 5.36.